The van der Waals surface area contributed by atoms with Gasteiger partial charge in [-0.1, -0.05) is 0 Å². The number of furan rings is 1. The molecule has 88 valence electrons. The summed E-state index contributed by atoms with van der Waals surface area (Å²) in [5, 5.41) is 3.59. The van der Waals surface area contributed by atoms with Gasteiger partial charge in [-0.2, -0.15) is 0 Å². The summed E-state index contributed by atoms with van der Waals surface area (Å²) in [4.78, 5) is 2.67. The normalized spacial score (nSPS) is 31.1. The standard InChI is InChI=1S/C13H20N2O/c1-10-7-11(9-15(10)12-4-5-12)14-8-13-3-2-6-16-13/h2-3,6,10-12,14H,4-5,7-9H2,1H3. The van der Waals surface area contributed by atoms with Crippen LogP contribution >= 0.6 is 0 Å². The molecule has 1 saturated carbocycles. The van der Waals surface area contributed by atoms with Crippen LogP contribution in [-0.2, 0) is 6.54 Å². The maximum absolute atomic E-state index is 5.33. The van der Waals surface area contributed by atoms with E-state index >= 15 is 0 Å². The zero-order chi connectivity index (χ0) is 11.0. The summed E-state index contributed by atoms with van der Waals surface area (Å²) < 4.78 is 5.33. The van der Waals surface area contributed by atoms with Crippen molar-refractivity contribution in [3.05, 3.63) is 24.2 Å². The molecule has 1 aromatic heterocycles. The van der Waals surface area contributed by atoms with E-state index in [4.69, 9.17) is 4.42 Å². The van der Waals surface area contributed by atoms with Crippen LogP contribution in [0, 0.1) is 0 Å². The molecule has 2 fully saturated rings. The van der Waals surface area contributed by atoms with Gasteiger partial charge in [0.2, 0.25) is 0 Å². The molecule has 2 aliphatic rings. The van der Waals surface area contributed by atoms with Crippen LogP contribution in [-0.4, -0.2) is 29.6 Å². The first-order valence-corrected chi connectivity index (χ1v) is 6.34. The second kappa shape index (κ2) is 4.22. The van der Waals surface area contributed by atoms with Crippen molar-refractivity contribution in [2.75, 3.05) is 6.54 Å². The zero-order valence-electron chi connectivity index (χ0n) is 9.86. The van der Waals surface area contributed by atoms with Crippen molar-refractivity contribution in [1.82, 2.24) is 10.2 Å². The maximum atomic E-state index is 5.33. The summed E-state index contributed by atoms with van der Waals surface area (Å²) in [5.74, 6) is 1.04. The van der Waals surface area contributed by atoms with Gasteiger partial charge in [0.15, 0.2) is 0 Å². The average molecular weight is 220 g/mol. The fraction of sp³-hybridized carbons (Fsp3) is 0.692. The zero-order valence-corrected chi connectivity index (χ0v) is 9.86. The summed E-state index contributed by atoms with van der Waals surface area (Å²) in [6.45, 7) is 4.43. The highest BCUT2D eigenvalue weighted by Gasteiger charge is 2.38. The van der Waals surface area contributed by atoms with Crippen molar-refractivity contribution in [2.45, 2.75) is 50.9 Å². The molecule has 2 unspecified atom stereocenters. The van der Waals surface area contributed by atoms with Crippen LogP contribution < -0.4 is 5.32 Å². The Morgan fingerprint density at radius 2 is 2.38 bits per heavy atom. The predicted octanol–water partition coefficient (Wildman–Crippen LogP) is 1.99. The number of nitrogens with zero attached hydrogens (tertiary/aromatic N) is 1. The molecular formula is C13H20N2O. The minimum Gasteiger partial charge on any atom is -0.468 e. The van der Waals surface area contributed by atoms with Crippen LogP contribution in [0.1, 0.15) is 31.9 Å². The summed E-state index contributed by atoms with van der Waals surface area (Å²) in [7, 11) is 0. The maximum Gasteiger partial charge on any atom is 0.117 e. The highest BCUT2D eigenvalue weighted by atomic mass is 16.3. The minimum absolute atomic E-state index is 0.640. The van der Waals surface area contributed by atoms with E-state index < -0.39 is 0 Å². The van der Waals surface area contributed by atoms with Gasteiger partial charge in [-0.15, -0.1) is 0 Å². The molecule has 0 spiro atoms. The van der Waals surface area contributed by atoms with Gasteiger partial charge in [0.1, 0.15) is 5.76 Å². The van der Waals surface area contributed by atoms with E-state index in [1.54, 1.807) is 6.26 Å². The van der Waals surface area contributed by atoms with E-state index in [-0.39, 0.29) is 0 Å². The van der Waals surface area contributed by atoms with Gasteiger partial charge < -0.3 is 9.73 Å². The van der Waals surface area contributed by atoms with Crippen LogP contribution in [0.4, 0.5) is 0 Å². The molecule has 1 aliphatic heterocycles. The van der Waals surface area contributed by atoms with Crippen molar-refractivity contribution in [3.8, 4) is 0 Å². The largest absolute Gasteiger partial charge is 0.468 e. The van der Waals surface area contributed by atoms with Gasteiger partial charge in [-0.05, 0) is 38.3 Å². The summed E-state index contributed by atoms with van der Waals surface area (Å²) in [6.07, 6.45) is 5.84. The Balaban J connectivity index is 1.49. The predicted molar refractivity (Wildman–Crippen MR) is 63.1 cm³/mol. The van der Waals surface area contributed by atoms with Gasteiger partial charge in [0, 0.05) is 24.7 Å². The lowest BCUT2D eigenvalue weighted by atomic mass is 10.2. The molecular weight excluding hydrogens is 200 g/mol. The highest BCUT2D eigenvalue weighted by molar-refractivity contribution is 5.00. The van der Waals surface area contributed by atoms with Gasteiger partial charge in [0.25, 0.3) is 0 Å². The Kier molecular flexibility index (Phi) is 2.74. The molecule has 0 radical (unpaired) electrons. The number of nitrogens with one attached hydrogen (secondary N) is 1. The summed E-state index contributed by atoms with van der Waals surface area (Å²) in [6, 6.07) is 6.27. The SMILES string of the molecule is CC1CC(NCc2ccco2)CN1C1CC1. The smallest absolute Gasteiger partial charge is 0.117 e. The second-order valence-corrected chi connectivity index (χ2v) is 5.17. The van der Waals surface area contributed by atoms with Crippen molar-refractivity contribution in [1.29, 1.82) is 0 Å². The van der Waals surface area contributed by atoms with Crippen molar-refractivity contribution in [2.24, 2.45) is 0 Å². The molecule has 16 heavy (non-hydrogen) atoms. The summed E-state index contributed by atoms with van der Waals surface area (Å²) in [5.41, 5.74) is 0. The Morgan fingerprint density at radius 3 is 3.06 bits per heavy atom. The van der Waals surface area contributed by atoms with Crippen LogP contribution in [0.5, 0.6) is 0 Å². The number of likely N-dealkylation sites (tertiary alicyclic amines) is 1. The molecule has 2 heterocycles. The molecule has 1 aliphatic carbocycles. The topological polar surface area (TPSA) is 28.4 Å². The van der Waals surface area contributed by atoms with Gasteiger partial charge >= 0.3 is 0 Å². The van der Waals surface area contributed by atoms with Crippen LogP contribution in [0.15, 0.2) is 22.8 Å². The molecule has 1 aromatic rings. The Morgan fingerprint density at radius 1 is 1.50 bits per heavy atom. The number of rotatable bonds is 4. The third-order valence-corrected chi connectivity index (χ3v) is 3.78. The third-order valence-electron chi connectivity index (χ3n) is 3.78. The Labute approximate surface area is 96.8 Å². The number of hydrogen-bond donors (Lipinski definition) is 1. The summed E-state index contributed by atoms with van der Waals surface area (Å²) >= 11 is 0. The van der Waals surface area contributed by atoms with Crippen molar-refractivity contribution < 1.29 is 4.42 Å². The van der Waals surface area contributed by atoms with Crippen molar-refractivity contribution >= 4 is 0 Å². The third kappa shape index (κ3) is 2.15. The monoisotopic (exact) mass is 220 g/mol. The van der Waals surface area contributed by atoms with Gasteiger partial charge in [0.05, 0.1) is 12.8 Å². The lowest BCUT2D eigenvalue weighted by Gasteiger charge is -2.19. The van der Waals surface area contributed by atoms with Crippen LogP contribution in [0.2, 0.25) is 0 Å². The molecule has 1 saturated heterocycles. The van der Waals surface area contributed by atoms with E-state index in [9.17, 15) is 0 Å². The van der Waals surface area contributed by atoms with Crippen LogP contribution in [0.3, 0.4) is 0 Å². The van der Waals surface area contributed by atoms with Gasteiger partial charge in [-0.25, -0.2) is 0 Å². The van der Waals surface area contributed by atoms with Crippen molar-refractivity contribution in [3.63, 3.8) is 0 Å². The molecule has 1 N–H and O–H groups in total. The molecule has 0 amide bonds. The second-order valence-electron chi connectivity index (χ2n) is 5.17. The fourth-order valence-corrected chi connectivity index (χ4v) is 2.78. The Bertz CT molecular complexity index is 332. The van der Waals surface area contributed by atoms with E-state index in [1.165, 1.54) is 25.8 Å². The molecule has 3 nitrogen and oxygen atoms in total. The minimum atomic E-state index is 0.640. The van der Waals surface area contributed by atoms with E-state index in [2.05, 4.69) is 17.1 Å². The lowest BCUT2D eigenvalue weighted by molar-refractivity contribution is 0.254. The molecule has 0 bridgehead atoms. The number of hydrogen-bond acceptors (Lipinski definition) is 3. The molecule has 2 atom stereocenters. The van der Waals surface area contributed by atoms with Crippen LogP contribution in [0.25, 0.3) is 0 Å². The average Bonchev–Trinajstić information content (AvgIpc) is 2.85. The Hall–Kier alpha value is -0.800. The highest BCUT2D eigenvalue weighted by Crippen LogP contribution is 2.33. The fourth-order valence-electron chi connectivity index (χ4n) is 2.78. The van der Waals surface area contributed by atoms with Gasteiger partial charge in [-0.3, -0.25) is 4.90 Å². The van der Waals surface area contributed by atoms with E-state index in [0.717, 1.165) is 24.4 Å². The first-order valence-electron chi connectivity index (χ1n) is 6.34. The molecule has 3 rings (SSSR count). The lowest BCUT2D eigenvalue weighted by Crippen LogP contribution is -2.33. The first kappa shape index (κ1) is 10.4. The molecule has 0 aromatic carbocycles. The molecule has 3 heteroatoms. The van der Waals surface area contributed by atoms with E-state index in [1.807, 2.05) is 12.1 Å². The quantitative estimate of drug-likeness (QED) is 0.841. The van der Waals surface area contributed by atoms with E-state index in [0.29, 0.717) is 6.04 Å². The first-order chi connectivity index (χ1) is 7.83.